The number of rotatable bonds is 52. The lowest BCUT2D eigenvalue weighted by atomic mass is 10.1. The lowest BCUT2D eigenvalue weighted by Crippen LogP contribution is -2.42. The minimum absolute atomic E-state index is 0.00403. The summed E-state index contributed by atoms with van der Waals surface area (Å²) in [4.78, 5) is 191. The van der Waals surface area contributed by atoms with E-state index in [-0.39, 0.29) is 141 Å². The molecular weight excluding hydrogens is 2100 g/mol. The number of H-pyrrole nitrogens is 3. The number of nitrogens with two attached hydrogens (primary N) is 3. The molecule has 798 valence electrons. The SMILES string of the molecule is CC[C@H]1O[C@@H](n2cc(C)c(=O)[nH]c2=O)C[C@H]1OP(O)(=S)OC[C@H]1O[C@@H](n2cc(C)c(N)nc2=O)C(OCCOC)[C@H]1OP(O)(=S)OC[C@H]1O[C@@H](n2cnc3c(N)ncnc32)C(OCCOC)[C@H]1OP(=O)(O)OC[C@H]1O[C@@H](n2cc(C)c(=O)[nH]c2=O)C(OCCOC)[C@H]1OP(O)(=S)OC[C@H]1O[C@@H](n2cnc3c(N)ncnc32)C(OCCOC)[C@H]1OP(O)(=S)OC[C@H]1O[C@@H](n2cc(C)c(=O)[nH]c2=O)C(OCCOC)[C@H]1O. The van der Waals surface area contributed by atoms with Crippen LogP contribution in [0.3, 0.4) is 0 Å². The minimum atomic E-state index is -5.87. The maximum absolute atomic E-state index is 15.5. The van der Waals surface area contributed by atoms with E-state index in [1.807, 2.05) is 0 Å². The second-order valence-electron chi connectivity index (χ2n) is 33.1. The number of imidazole rings is 2. The summed E-state index contributed by atoms with van der Waals surface area (Å²) in [7, 11) is 0.943. The van der Waals surface area contributed by atoms with E-state index in [1.165, 1.54) is 104 Å². The van der Waals surface area contributed by atoms with Gasteiger partial charge in [0, 0.05) is 89.0 Å². The first-order chi connectivity index (χ1) is 68.5. The van der Waals surface area contributed by atoms with Crippen LogP contribution in [0.1, 0.15) is 79.4 Å². The fourth-order valence-corrected chi connectivity index (χ4v) is 23.2. The maximum Gasteiger partial charge on any atom is 0.472 e. The topological polar surface area (TPSA) is 743 Å². The molecule has 6 fully saturated rings. The highest BCUT2D eigenvalue weighted by Gasteiger charge is 2.58. The van der Waals surface area contributed by atoms with Crippen molar-refractivity contribution in [3.8, 4) is 0 Å². The molecule has 6 aliphatic heterocycles. The minimum Gasteiger partial charge on any atom is -0.387 e. The van der Waals surface area contributed by atoms with E-state index in [0.717, 1.165) is 37.1 Å². The van der Waals surface area contributed by atoms with Crippen LogP contribution in [0.4, 0.5) is 17.5 Å². The van der Waals surface area contributed by atoms with Crippen LogP contribution in [0.15, 0.2) is 83.7 Å². The highest BCUT2D eigenvalue weighted by Crippen LogP contribution is 2.58. The first kappa shape index (κ1) is 113. The van der Waals surface area contributed by atoms with Crippen LogP contribution in [-0.2, 0) is 173 Å². The fraction of sp³-hybridized carbons (Fsp3) is 0.658. The quantitative estimate of drug-likeness (QED) is 0.0148. The van der Waals surface area contributed by atoms with E-state index in [4.69, 9.17) is 185 Å². The zero-order chi connectivity index (χ0) is 104. The predicted octanol–water partition coefficient (Wildman–Crippen LogP) is -1.77. The van der Waals surface area contributed by atoms with Crippen LogP contribution in [0.25, 0.3) is 22.3 Å². The summed E-state index contributed by atoms with van der Waals surface area (Å²) < 4.78 is 181. The average Bonchev–Trinajstić information content (AvgIpc) is 1.61. The smallest absolute Gasteiger partial charge is 0.387 e. The lowest BCUT2D eigenvalue weighted by Gasteiger charge is -2.30. The summed E-state index contributed by atoms with van der Waals surface area (Å²) in [6.07, 6.45) is -25.8. The molecular formula is C76H110N19O40P5S4. The van der Waals surface area contributed by atoms with Gasteiger partial charge in [-0.05, 0) is 81.3 Å². The summed E-state index contributed by atoms with van der Waals surface area (Å²) in [5.74, 6) is -0.318. The van der Waals surface area contributed by atoms with Crippen molar-refractivity contribution in [3.63, 3.8) is 0 Å². The van der Waals surface area contributed by atoms with Crippen LogP contribution >= 0.6 is 34.7 Å². The molecule has 0 radical (unpaired) electrons. The fourth-order valence-electron chi connectivity index (χ4n) is 16.4. The van der Waals surface area contributed by atoms with Gasteiger partial charge in [0.25, 0.3) is 16.7 Å². The molecule has 8 aromatic rings. The lowest BCUT2D eigenvalue weighted by molar-refractivity contribution is -0.0839. The van der Waals surface area contributed by atoms with Gasteiger partial charge in [-0.25, -0.2) is 53.6 Å². The van der Waals surface area contributed by atoms with Gasteiger partial charge in [0.2, 0.25) is 0 Å². The van der Waals surface area contributed by atoms with Gasteiger partial charge in [-0.2, -0.15) is 4.98 Å². The number of phosphoric acid groups is 1. The molecule has 0 amide bonds. The van der Waals surface area contributed by atoms with Crippen LogP contribution < -0.4 is 56.6 Å². The molecule has 0 aromatic carbocycles. The summed E-state index contributed by atoms with van der Waals surface area (Å²) in [5, 5.41) is 11.8. The molecule has 8 aromatic heterocycles. The Kier molecular flexibility index (Phi) is 38.3. The van der Waals surface area contributed by atoms with E-state index in [1.54, 1.807) is 6.92 Å². The molecule has 0 bridgehead atoms. The van der Waals surface area contributed by atoms with Crippen molar-refractivity contribution in [1.82, 2.24) is 77.2 Å². The highest BCUT2D eigenvalue weighted by molar-refractivity contribution is 8.08. The van der Waals surface area contributed by atoms with Crippen molar-refractivity contribution in [2.75, 3.05) is 152 Å². The Labute approximate surface area is 835 Å². The molecule has 6 aliphatic rings. The number of anilines is 3. The summed E-state index contributed by atoms with van der Waals surface area (Å²) >= 11 is 23.0. The summed E-state index contributed by atoms with van der Waals surface area (Å²) in [6.45, 7) is -18.2. The molecule has 59 nitrogen and oxygen atoms in total. The monoisotopic (exact) mass is 2210 g/mol. The number of methoxy groups -OCH3 is 5. The maximum atomic E-state index is 15.5. The molecule has 14 heterocycles. The van der Waals surface area contributed by atoms with Gasteiger partial charge < -0.3 is 145 Å². The summed E-state index contributed by atoms with van der Waals surface area (Å²) in [6, 6.07) is 0. The van der Waals surface area contributed by atoms with Crippen molar-refractivity contribution in [1.29, 1.82) is 0 Å². The van der Waals surface area contributed by atoms with Gasteiger partial charge in [-0.1, -0.05) is 6.92 Å². The number of aryl methyl sites for hydroxylation is 4. The number of aliphatic hydroxyl groups excluding tert-OH is 1. The van der Waals surface area contributed by atoms with Crippen molar-refractivity contribution in [2.45, 2.75) is 189 Å². The van der Waals surface area contributed by atoms with E-state index >= 15 is 4.57 Å². The van der Waals surface area contributed by atoms with Crippen LogP contribution in [-0.4, -0.2) is 345 Å². The van der Waals surface area contributed by atoms with E-state index < -0.39 is 248 Å². The molecule has 0 aliphatic carbocycles. The van der Waals surface area contributed by atoms with Gasteiger partial charge >= 0.3 is 57.5 Å². The Bertz CT molecular complexity index is 6510. The normalized spacial score (nSPS) is 29.3. The van der Waals surface area contributed by atoms with E-state index in [2.05, 4.69) is 49.8 Å². The first-order valence-corrected chi connectivity index (χ1v) is 55.9. The average molecular weight is 2210 g/mol. The number of nitrogens with zero attached hydrogens (tertiary/aromatic N) is 13. The van der Waals surface area contributed by atoms with Crippen LogP contribution in [0.2, 0.25) is 0 Å². The number of ether oxygens (including phenoxy) is 16. The number of nitrogen functional groups attached to an aromatic ring is 3. The van der Waals surface area contributed by atoms with Gasteiger partial charge in [-0.3, -0.25) is 79.4 Å². The van der Waals surface area contributed by atoms with Crippen molar-refractivity contribution < 1.29 is 155 Å². The number of nitrogens with one attached hydrogen (secondary N) is 3. The molecule has 28 atom stereocenters. The Morgan fingerprint density at radius 1 is 0.389 bits per heavy atom. The number of phosphoric ester groups is 1. The van der Waals surface area contributed by atoms with Crippen molar-refractivity contribution in [3.05, 3.63) is 145 Å². The van der Waals surface area contributed by atoms with Gasteiger partial charge in [0.1, 0.15) is 127 Å². The number of hydrogen-bond acceptors (Lipinski definition) is 49. The molecule has 10 unspecified atom stereocenters. The number of fused-ring (bicyclic) bond motifs is 2. The van der Waals surface area contributed by atoms with E-state index in [9.17, 15) is 63.1 Å². The van der Waals surface area contributed by atoms with Gasteiger partial charge in [0.05, 0.1) is 124 Å². The third-order valence-corrected chi connectivity index (χ3v) is 30.6. The summed E-state index contributed by atoms with van der Waals surface area (Å²) in [5.41, 5.74) is 13.4. The van der Waals surface area contributed by atoms with Gasteiger partial charge in [0.15, 0.2) is 54.1 Å². The predicted molar refractivity (Wildman–Crippen MR) is 508 cm³/mol. The molecule has 0 saturated carbocycles. The molecule has 144 heavy (non-hydrogen) atoms. The van der Waals surface area contributed by atoms with E-state index in [0.29, 0.717) is 0 Å². The Morgan fingerprint density at radius 2 is 0.715 bits per heavy atom. The molecule has 15 N–H and O–H groups in total. The molecule has 0 spiro atoms. The molecule has 14 rings (SSSR count). The van der Waals surface area contributed by atoms with Crippen LogP contribution in [0, 0.1) is 27.7 Å². The second kappa shape index (κ2) is 48.9. The number of hydrogen-bond donors (Lipinski definition) is 12. The zero-order valence-corrected chi connectivity index (χ0v) is 86.1. The Morgan fingerprint density at radius 3 is 1.11 bits per heavy atom. The third kappa shape index (κ3) is 26.7. The first-order valence-electron chi connectivity index (χ1n) is 44.1. The third-order valence-electron chi connectivity index (χ3n) is 23.4. The highest BCUT2D eigenvalue weighted by atomic mass is 32.5. The van der Waals surface area contributed by atoms with Gasteiger partial charge in [-0.15, -0.1) is 0 Å². The van der Waals surface area contributed by atoms with Crippen molar-refractivity contribution >= 4 is 122 Å². The molecule has 68 heteroatoms. The second-order valence-corrected chi connectivity index (χ2v) is 45.6. The zero-order valence-electron chi connectivity index (χ0n) is 78.4. The molecule has 6 saturated heterocycles. The Hall–Kier alpha value is -7.03. The van der Waals surface area contributed by atoms with Crippen LogP contribution in [0.5, 0.6) is 0 Å². The standard InChI is InChI=1S/C76H110N19O40P5S4/c1-11-40-41(22-47(125-40)90-24-37(3)65(97)87-74(90)101)131-137(106,141)122-30-45-53(58(118-20-15-113-9)69(128-45)91-23-36(2)60(77)86-73(91)100)134-139(108,143)123-29-44-51(56(116-18-13-111-7)71(129-44)94-34-84-48-61(78)80-32-82-63(48)94)132-136(104,105)120-28-43-52(57(117-19-14-112-8)70(127-43)93-26-39(5)67(99)89-76(93)103)133-140(109,144)124-31-46-54(59(119-21-16-114-10)72(130-46)95-35-85-49-62(79)81-33-83-64(49)95)135-138(107,142)121-27-42-50(96)55(115-17-12-110-6)68(126-42)92-25-38(4)66(98)88-75(92)102/h23-26,32-35,40-47,50-59,68-72,96H,11-22,27-31H2,1-10H3,(H,104,105)(H,106,141)(H,107,142)(H,108,143)(H,109,144)(H2,77,86,100)(H2,78,80,82)(H2,79,81,83)(H,87,97,101)(H,88,98,102)(H,89,99,103)/t40-,41-,42-,43-,44-,45-,46-,47-,50+,51+,52+,53+,54+,55?,56?,57?,58?,59?,68-,69-,70-,71-,72-,137?,138?,139?,140?/m1/s1. The number of aliphatic hydroxyl groups is 1. The van der Waals surface area contributed by atoms with Crippen molar-refractivity contribution in [2.24, 2.45) is 0 Å². The number of aromatic amines is 3. The number of aromatic nitrogens is 16. The Balaban J connectivity index is 0.758. The largest absolute Gasteiger partial charge is 0.472 e.